The number of hydrogen-bond acceptors (Lipinski definition) is 3. The van der Waals surface area contributed by atoms with Crippen LogP contribution < -0.4 is 10.1 Å². The van der Waals surface area contributed by atoms with Crippen molar-refractivity contribution in [3.05, 3.63) is 34.3 Å². The van der Waals surface area contributed by atoms with Crippen LogP contribution in [-0.4, -0.2) is 30.1 Å². The van der Waals surface area contributed by atoms with E-state index in [1.165, 1.54) is 13.1 Å². The van der Waals surface area contributed by atoms with Crippen LogP contribution in [0.4, 0.5) is 0 Å². The smallest absolute Gasteiger partial charge is 0.328 e. The maximum atomic E-state index is 11.3. The molecular weight excluding hydrogens is 314 g/mol. The van der Waals surface area contributed by atoms with Crippen LogP contribution in [0.15, 0.2) is 28.7 Å². The maximum absolute atomic E-state index is 11.3. The van der Waals surface area contributed by atoms with Gasteiger partial charge in [-0.2, -0.15) is 0 Å². The Hall–Kier alpha value is -1.82. The summed E-state index contributed by atoms with van der Waals surface area (Å²) in [7, 11) is 1.53. The molecule has 19 heavy (non-hydrogen) atoms. The Kier molecular flexibility index (Phi) is 5.57. The highest BCUT2D eigenvalue weighted by molar-refractivity contribution is 9.10. The van der Waals surface area contributed by atoms with Crippen molar-refractivity contribution in [2.45, 2.75) is 13.0 Å². The molecule has 1 aromatic rings. The number of amides is 1. The summed E-state index contributed by atoms with van der Waals surface area (Å²) in [6, 6.07) is 5.08. The number of carbonyl (C=O) groups excluding carboxylic acids is 1. The molecule has 0 bridgehead atoms. The summed E-state index contributed by atoms with van der Waals surface area (Å²) >= 11 is 3.31. The van der Waals surface area contributed by atoms with Gasteiger partial charge >= 0.3 is 5.97 Å². The minimum Gasteiger partial charge on any atom is -0.481 e. The lowest BCUT2D eigenvalue weighted by atomic mass is 10.2. The number of ether oxygens (including phenoxy) is 1. The number of carboxylic acid groups (broad SMARTS) is 1. The number of rotatable bonds is 5. The second kappa shape index (κ2) is 6.94. The topological polar surface area (TPSA) is 75.6 Å². The fourth-order valence-electron chi connectivity index (χ4n) is 1.34. The summed E-state index contributed by atoms with van der Waals surface area (Å²) < 4.78 is 6.20. The number of aliphatic carboxylic acids is 1. The Morgan fingerprint density at radius 2 is 2.16 bits per heavy atom. The van der Waals surface area contributed by atoms with Gasteiger partial charge in [-0.15, -0.1) is 0 Å². The largest absolute Gasteiger partial charge is 0.481 e. The SMILES string of the molecule is CNC(=O)C(C)Oc1ccc(Br)c(/C=C/C(=O)O)c1. The summed E-state index contributed by atoms with van der Waals surface area (Å²) in [5.41, 5.74) is 0.656. The Morgan fingerprint density at radius 1 is 1.47 bits per heavy atom. The monoisotopic (exact) mass is 327 g/mol. The van der Waals surface area contributed by atoms with Gasteiger partial charge < -0.3 is 15.2 Å². The third kappa shape index (κ3) is 4.75. The van der Waals surface area contributed by atoms with Gasteiger partial charge in [-0.3, -0.25) is 4.79 Å². The minimum absolute atomic E-state index is 0.231. The molecule has 0 spiro atoms. The van der Waals surface area contributed by atoms with E-state index in [1.807, 2.05) is 0 Å². The van der Waals surface area contributed by atoms with Gasteiger partial charge in [0.05, 0.1) is 0 Å². The van der Waals surface area contributed by atoms with E-state index in [1.54, 1.807) is 25.1 Å². The van der Waals surface area contributed by atoms with Crippen LogP contribution in [-0.2, 0) is 9.59 Å². The van der Waals surface area contributed by atoms with Crippen LogP contribution >= 0.6 is 15.9 Å². The third-order valence-corrected chi connectivity index (χ3v) is 3.02. The molecule has 2 N–H and O–H groups in total. The molecular formula is C13H14BrNO4. The molecule has 0 radical (unpaired) electrons. The fraction of sp³-hybridized carbons (Fsp3) is 0.231. The van der Waals surface area contributed by atoms with Crippen molar-refractivity contribution >= 4 is 33.9 Å². The fourth-order valence-corrected chi connectivity index (χ4v) is 1.72. The van der Waals surface area contributed by atoms with E-state index < -0.39 is 12.1 Å². The zero-order chi connectivity index (χ0) is 14.4. The Labute approximate surface area is 119 Å². The van der Waals surface area contributed by atoms with Crippen LogP contribution in [0.1, 0.15) is 12.5 Å². The lowest BCUT2D eigenvalue weighted by molar-refractivity contribution is -0.131. The van der Waals surface area contributed by atoms with Crippen LogP contribution in [0.3, 0.4) is 0 Å². The van der Waals surface area contributed by atoms with Gasteiger partial charge in [0.1, 0.15) is 5.75 Å². The molecule has 6 heteroatoms. The molecule has 0 aliphatic carbocycles. The zero-order valence-electron chi connectivity index (χ0n) is 10.5. The van der Waals surface area contributed by atoms with Crippen LogP contribution in [0.2, 0.25) is 0 Å². The first kappa shape index (κ1) is 15.2. The van der Waals surface area contributed by atoms with Crippen molar-refractivity contribution in [2.75, 3.05) is 7.05 Å². The molecule has 0 fully saturated rings. The number of carboxylic acids is 1. The van der Waals surface area contributed by atoms with E-state index in [4.69, 9.17) is 9.84 Å². The molecule has 0 saturated carbocycles. The molecule has 1 unspecified atom stereocenters. The molecule has 1 rings (SSSR count). The first-order valence-corrected chi connectivity index (χ1v) is 6.32. The Balaban J connectivity index is 2.90. The molecule has 1 aromatic carbocycles. The summed E-state index contributed by atoms with van der Waals surface area (Å²) in [4.78, 5) is 21.8. The van der Waals surface area contributed by atoms with E-state index in [0.717, 1.165) is 10.5 Å². The molecule has 102 valence electrons. The van der Waals surface area contributed by atoms with Crippen LogP contribution in [0, 0.1) is 0 Å². The summed E-state index contributed by atoms with van der Waals surface area (Å²) in [6.45, 7) is 1.63. The lowest BCUT2D eigenvalue weighted by Crippen LogP contribution is -2.33. The van der Waals surface area contributed by atoms with Gasteiger partial charge in [0.2, 0.25) is 0 Å². The highest BCUT2D eigenvalue weighted by Crippen LogP contribution is 2.24. The van der Waals surface area contributed by atoms with Gasteiger partial charge in [0.15, 0.2) is 6.10 Å². The predicted octanol–water partition coefficient (Wildman–Crippen LogP) is 2.06. The van der Waals surface area contributed by atoms with E-state index in [9.17, 15) is 9.59 Å². The number of benzene rings is 1. The van der Waals surface area contributed by atoms with E-state index in [2.05, 4.69) is 21.2 Å². The summed E-state index contributed by atoms with van der Waals surface area (Å²) in [5.74, 6) is -0.771. The number of hydrogen-bond donors (Lipinski definition) is 2. The number of likely N-dealkylation sites (N-methyl/N-ethyl adjacent to an activating group) is 1. The molecule has 5 nitrogen and oxygen atoms in total. The Bertz CT molecular complexity index is 513. The van der Waals surface area contributed by atoms with E-state index in [-0.39, 0.29) is 5.91 Å². The van der Waals surface area contributed by atoms with Gasteiger partial charge in [0, 0.05) is 17.6 Å². The summed E-state index contributed by atoms with van der Waals surface area (Å²) in [6.07, 6.45) is 1.86. The zero-order valence-corrected chi connectivity index (χ0v) is 12.1. The van der Waals surface area contributed by atoms with Gasteiger partial charge in [-0.05, 0) is 36.8 Å². The molecule has 1 amide bonds. The second-order valence-electron chi connectivity index (χ2n) is 3.73. The van der Waals surface area contributed by atoms with E-state index in [0.29, 0.717) is 11.3 Å². The molecule has 0 heterocycles. The second-order valence-corrected chi connectivity index (χ2v) is 4.58. The quantitative estimate of drug-likeness (QED) is 0.812. The minimum atomic E-state index is -1.03. The van der Waals surface area contributed by atoms with Crippen molar-refractivity contribution in [3.63, 3.8) is 0 Å². The van der Waals surface area contributed by atoms with Gasteiger partial charge in [-0.25, -0.2) is 4.79 Å². The van der Waals surface area contributed by atoms with Crippen molar-refractivity contribution in [1.82, 2.24) is 5.32 Å². The normalized spacial score (nSPS) is 12.2. The van der Waals surface area contributed by atoms with Crippen molar-refractivity contribution < 1.29 is 19.4 Å². The molecule has 1 atom stereocenters. The molecule has 0 aliphatic heterocycles. The number of halogens is 1. The van der Waals surface area contributed by atoms with Gasteiger partial charge in [-0.1, -0.05) is 15.9 Å². The molecule has 0 aromatic heterocycles. The van der Waals surface area contributed by atoms with Crippen molar-refractivity contribution in [3.8, 4) is 5.75 Å². The Morgan fingerprint density at radius 3 is 2.74 bits per heavy atom. The lowest BCUT2D eigenvalue weighted by Gasteiger charge is -2.13. The number of carbonyl (C=O) groups is 2. The first-order chi connectivity index (χ1) is 8.93. The van der Waals surface area contributed by atoms with Crippen LogP contribution in [0.5, 0.6) is 5.75 Å². The molecule has 0 aliphatic rings. The third-order valence-electron chi connectivity index (χ3n) is 2.30. The average Bonchev–Trinajstić information content (AvgIpc) is 2.38. The average molecular weight is 328 g/mol. The summed E-state index contributed by atoms with van der Waals surface area (Å²) in [5, 5.41) is 11.1. The standard InChI is InChI=1S/C13H14BrNO4/c1-8(13(18)15-2)19-10-4-5-11(14)9(7-10)3-6-12(16)17/h3-8H,1-2H3,(H,15,18)(H,16,17)/b6-3+. The van der Waals surface area contributed by atoms with E-state index >= 15 is 0 Å². The highest BCUT2D eigenvalue weighted by atomic mass is 79.9. The van der Waals surface area contributed by atoms with Crippen LogP contribution in [0.25, 0.3) is 6.08 Å². The van der Waals surface area contributed by atoms with Gasteiger partial charge in [0.25, 0.3) is 5.91 Å². The predicted molar refractivity (Wildman–Crippen MR) is 75.0 cm³/mol. The first-order valence-electron chi connectivity index (χ1n) is 5.53. The molecule has 0 saturated heterocycles. The maximum Gasteiger partial charge on any atom is 0.328 e. The van der Waals surface area contributed by atoms with Crippen molar-refractivity contribution in [1.29, 1.82) is 0 Å². The highest BCUT2D eigenvalue weighted by Gasteiger charge is 2.12. The number of nitrogens with one attached hydrogen (secondary N) is 1. The van der Waals surface area contributed by atoms with Crippen molar-refractivity contribution in [2.24, 2.45) is 0 Å².